The van der Waals surface area contributed by atoms with E-state index in [4.69, 9.17) is 14.2 Å². The highest BCUT2D eigenvalue weighted by Gasteiger charge is 2.26. The van der Waals surface area contributed by atoms with Crippen LogP contribution in [0.2, 0.25) is 0 Å². The van der Waals surface area contributed by atoms with Crippen molar-refractivity contribution in [2.45, 2.75) is 31.2 Å². The first-order valence-corrected chi connectivity index (χ1v) is 11.9. The minimum absolute atomic E-state index is 0.00695. The molecule has 32 heavy (non-hydrogen) atoms. The van der Waals surface area contributed by atoms with Gasteiger partial charge in [-0.05, 0) is 54.7 Å². The largest absolute Gasteiger partial charge is 0.496 e. The van der Waals surface area contributed by atoms with Crippen molar-refractivity contribution in [1.82, 2.24) is 9.62 Å². The molecule has 8 nitrogen and oxygen atoms in total. The Hall–Kier alpha value is -2.78. The van der Waals surface area contributed by atoms with Gasteiger partial charge < -0.3 is 19.1 Å². The van der Waals surface area contributed by atoms with E-state index >= 15 is 0 Å². The molecular weight excluding hydrogens is 432 g/mol. The van der Waals surface area contributed by atoms with Gasteiger partial charge in [-0.15, -0.1) is 0 Å². The quantitative estimate of drug-likeness (QED) is 0.648. The molecule has 1 amide bonds. The zero-order valence-corrected chi connectivity index (χ0v) is 19.7. The van der Waals surface area contributed by atoms with Gasteiger partial charge in [0, 0.05) is 19.6 Å². The molecule has 1 N–H and O–H groups in total. The third-order valence-electron chi connectivity index (χ3n) is 5.70. The van der Waals surface area contributed by atoms with Crippen molar-refractivity contribution in [1.29, 1.82) is 0 Å². The number of piperidine rings is 1. The number of carbonyl (C=O) groups excluding carboxylic acids is 1. The summed E-state index contributed by atoms with van der Waals surface area (Å²) in [6.07, 6.45) is 1.86. The van der Waals surface area contributed by atoms with Crippen molar-refractivity contribution >= 4 is 15.9 Å². The molecule has 9 heteroatoms. The molecule has 3 rings (SSSR count). The van der Waals surface area contributed by atoms with E-state index in [0.717, 1.165) is 12.8 Å². The smallest absolute Gasteiger partial charge is 0.257 e. The maximum Gasteiger partial charge on any atom is 0.257 e. The molecule has 0 aromatic heterocycles. The molecular formula is C23H30N2O6S. The van der Waals surface area contributed by atoms with E-state index in [0.29, 0.717) is 41.8 Å². The molecule has 0 saturated carbocycles. The molecule has 174 valence electrons. The number of rotatable bonds is 8. The van der Waals surface area contributed by atoms with Crippen LogP contribution in [0.4, 0.5) is 0 Å². The molecule has 0 bridgehead atoms. The van der Waals surface area contributed by atoms with Crippen LogP contribution in [0.25, 0.3) is 0 Å². The Morgan fingerprint density at radius 1 is 0.969 bits per heavy atom. The van der Waals surface area contributed by atoms with E-state index in [1.165, 1.54) is 39.5 Å². The molecule has 1 fully saturated rings. The van der Waals surface area contributed by atoms with E-state index in [-0.39, 0.29) is 22.9 Å². The number of ether oxygens (including phenoxy) is 3. The number of hydrogen-bond donors (Lipinski definition) is 1. The van der Waals surface area contributed by atoms with Gasteiger partial charge in [-0.3, -0.25) is 4.79 Å². The first-order valence-electron chi connectivity index (χ1n) is 10.5. The number of benzene rings is 2. The van der Waals surface area contributed by atoms with Crippen LogP contribution in [-0.4, -0.2) is 53.6 Å². The van der Waals surface area contributed by atoms with Crippen LogP contribution in [-0.2, 0) is 16.6 Å². The summed E-state index contributed by atoms with van der Waals surface area (Å²) in [5.41, 5.74) is 0.953. The molecule has 2 aromatic rings. The van der Waals surface area contributed by atoms with Gasteiger partial charge >= 0.3 is 0 Å². The molecule has 2 aromatic carbocycles. The fourth-order valence-corrected chi connectivity index (χ4v) is 4.70. The van der Waals surface area contributed by atoms with Crippen molar-refractivity contribution < 1.29 is 27.4 Å². The Bertz CT molecular complexity index is 1060. The van der Waals surface area contributed by atoms with Crippen LogP contribution >= 0.6 is 0 Å². The summed E-state index contributed by atoms with van der Waals surface area (Å²) in [5.74, 6) is 1.79. The van der Waals surface area contributed by atoms with Crippen LogP contribution < -0.4 is 18.9 Å². The summed E-state index contributed by atoms with van der Waals surface area (Å²) < 4.78 is 44.3. The minimum Gasteiger partial charge on any atom is -0.496 e. The summed E-state index contributed by atoms with van der Waals surface area (Å²) in [6, 6.07) is 9.52. The topological polar surface area (TPSA) is 94.2 Å². The SMILES string of the molecule is COc1ccc(CNS(=O)(=O)c2ccc(OC)c(C(=O)N3CCC(C)CC3)c2)cc1OC. The fourth-order valence-electron chi connectivity index (χ4n) is 3.66. The van der Waals surface area contributed by atoms with Crippen molar-refractivity contribution in [3.05, 3.63) is 47.5 Å². The Balaban J connectivity index is 1.80. The second kappa shape index (κ2) is 10.2. The lowest BCUT2D eigenvalue weighted by molar-refractivity contribution is 0.0693. The van der Waals surface area contributed by atoms with Crippen LogP contribution in [0.15, 0.2) is 41.3 Å². The lowest BCUT2D eigenvalue weighted by Gasteiger charge is -2.30. The summed E-state index contributed by atoms with van der Waals surface area (Å²) in [6.45, 7) is 3.52. The number of nitrogens with one attached hydrogen (secondary N) is 1. The van der Waals surface area contributed by atoms with E-state index in [1.807, 2.05) is 0 Å². The van der Waals surface area contributed by atoms with Crippen molar-refractivity contribution in [3.63, 3.8) is 0 Å². The molecule has 1 saturated heterocycles. The minimum atomic E-state index is -3.86. The Morgan fingerprint density at radius 3 is 2.22 bits per heavy atom. The number of hydrogen-bond acceptors (Lipinski definition) is 6. The van der Waals surface area contributed by atoms with Crippen molar-refractivity contribution in [2.75, 3.05) is 34.4 Å². The van der Waals surface area contributed by atoms with Gasteiger partial charge in [0.05, 0.1) is 31.8 Å². The fraction of sp³-hybridized carbons (Fsp3) is 0.435. The molecule has 0 spiro atoms. The molecule has 0 radical (unpaired) electrons. The zero-order valence-electron chi connectivity index (χ0n) is 18.9. The van der Waals surface area contributed by atoms with Crippen LogP contribution in [0.5, 0.6) is 17.2 Å². The molecule has 1 heterocycles. The number of amides is 1. The van der Waals surface area contributed by atoms with E-state index in [1.54, 1.807) is 23.1 Å². The first-order chi connectivity index (χ1) is 15.3. The second-order valence-corrected chi connectivity index (χ2v) is 9.62. The number of sulfonamides is 1. The average Bonchev–Trinajstić information content (AvgIpc) is 2.82. The highest BCUT2D eigenvalue weighted by atomic mass is 32.2. The van der Waals surface area contributed by atoms with Gasteiger partial charge in [-0.1, -0.05) is 13.0 Å². The van der Waals surface area contributed by atoms with Gasteiger partial charge in [0.1, 0.15) is 5.75 Å². The third kappa shape index (κ3) is 5.34. The normalized spacial score (nSPS) is 14.8. The summed E-state index contributed by atoms with van der Waals surface area (Å²) in [7, 11) is 0.657. The number of nitrogens with zero attached hydrogens (tertiary/aromatic N) is 1. The standard InChI is InChI=1S/C23H30N2O6S/c1-16-9-11-25(12-10-16)23(26)19-14-18(6-8-20(19)29-2)32(27,28)24-15-17-5-7-21(30-3)22(13-17)31-4/h5-8,13-14,16,24H,9-12,15H2,1-4H3. The molecule has 1 aliphatic heterocycles. The highest BCUT2D eigenvalue weighted by Crippen LogP contribution is 2.28. The molecule has 0 atom stereocenters. The van der Waals surface area contributed by atoms with Gasteiger partial charge in [0.25, 0.3) is 5.91 Å². The monoisotopic (exact) mass is 462 g/mol. The Morgan fingerprint density at radius 2 is 1.59 bits per heavy atom. The average molecular weight is 463 g/mol. The molecule has 0 unspecified atom stereocenters. The molecule has 0 aliphatic carbocycles. The van der Waals surface area contributed by atoms with Crippen LogP contribution in [0.1, 0.15) is 35.7 Å². The lowest BCUT2D eigenvalue weighted by Crippen LogP contribution is -2.38. The van der Waals surface area contributed by atoms with E-state index in [2.05, 4.69) is 11.6 Å². The van der Waals surface area contributed by atoms with Gasteiger partial charge in [0.2, 0.25) is 10.0 Å². The lowest BCUT2D eigenvalue weighted by atomic mass is 9.98. The van der Waals surface area contributed by atoms with E-state index < -0.39 is 10.0 Å². The zero-order chi connectivity index (χ0) is 23.3. The van der Waals surface area contributed by atoms with Crippen molar-refractivity contribution in [3.8, 4) is 17.2 Å². The third-order valence-corrected chi connectivity index (χ3v) is 7.10. The molecule has 1 aliphatic rings. The van der Waals surface area contributed by atoms with Gasteiger partial charge in [-0.2, -0.15) is 0 Å². The maximum atomic E-state index is 13.1. The summed E-state index contributed by atoms with van der Waals surface area (Å²) >= 11 is 0. The summed E-state index contributed by atoms with van der Waals surface area (Å²) in [4.78, 5) is 14.8. The van der Waals surface area contributed by atoms with E-state index in [9.17, 15) is 13.2 Å². The van der Waals surface area contributed by atoms with Crippen LogP contribution in [0.3, 0.4) is 0 Å². The van der Waals surface area contributed by atoms with Crippen LogP contribution in [0, 0.1) is 5.92 Å². The number of likely N-dealkylation sites (tertiary alicyclic amines) is 1. The highest BCUT2D eigenvalue weighted by molar-refractivity contribution is 7.89. The Labute approximate surface area is 189 Å². The first kappa shape index (κ1) is 23.9. The predicted octanol–water partition coefficient (Wildman–Crippen LogP) is 3.06. The van der Waals surface area contributed by atoms with Gasteiger partial charge in [-0.25, -0.2) is 13.1 Å². The summed E-state index contributed by atoms with van der Waals surface area (Å²) in [5, 5.41) is 0. The van der Waals surface area contributed by atoms with Crippen molar-refractivity contribution in [2.24, 2.45) is 5.92 Å². The maximum absolute atomic E-state index is 13.1. The Kier molecular flexibility index (Phi) is 7.63. The number of carbonyl (C=O) groups is 1. The second-order valence-electron chi connectivity index (χ2n) is 7.85. The van der Waals surface area contributed by atoms with Gasteiger partial charge in [0.15, 0.2) is 11.5 Å². The number of methoxy groups -OCH3 is 3. The predicted molar refractivity (Wildman–Crippen MR) is 121 cm³/mol.